The van der Waals surface area contributed by atoms with Crippen LogP contribution in [0.3, 0.4) is 0 Å². The zero-order chi connectivity index (χ0) is 13.1. The predicted molar refractivity (Wildman–Crippen MR) is 60.1 cm³/mol. The molecule has 0 aromatic carbocycles. The van der Waals surface area contributed by atoms with Crippen LogP contribution in [0.15, 0.2) is 23.8 Å². The molecule has 0 aromatic heterocycles. The van der Waals surface area contributed by atoms with Gasteiger partial charge in [-0.15, -0.1) is 0 Å². The van der Waals surface area contributed by atoms with E-state index in [1.54, 1.807) is 13.0 Å². The van der Waals surface area contributed by atoms with Crippen molar-refractivity contribution in [3.05, 3.63) is 33.9 Å². The predicted octanol–water partition coefficient (Wildman–Crippen LogP) is -0.494. The summed E-state index contributed by atoms with van der Waals surface area (Å²) < 4.78 is 0. The van der Waals surface area contributed by atoms with Gasteiger partial charge < -0.3 is 5.11 Å². The van der Waals surface area contributed by atoms with Gasteiger partial charge in [-0.05, 0) is 13.3 Å². The van der Waals surface area contributed by atoms with E-state index >= 15 is 0 Å². The number of hydrogen-bond donors (Lipinski definition) is 3. The van der Waals surface area contributed by atoms with Crippen molar-refractivity contribution in [3.8, 4) is 0 Å². The summed E-state index contributed by atoms with van der Waals surface area (Å²) in [6.45, 7) is 1.51. The Balaban J connectivity index is 3.05. The Hall–Kier alpha value is -1.73. The topological polar surface area (TPSA) is 118 Å². The summed E-state index contributed by atoms with van der Waals surface area (Å²) in [7, 11) is 0. The van der Waals surface area contributed by atoms with Crippen LogP contribution in [0.1, 0.15) is 13.3 Å². The van der Waals surface area contributed by atoms with Gasteiger partial charge >= 0.3 is 0 Å². The van der Waals surface area contributed by atoms with Gasteiger partial charge in [-0.1, -0.05) is 12.2 Å². The lowest BCUT2D eigenvalue weighted by Gasteiger charge is -2.29. The summed E-state index contributed by atoms with van der Waals surface area (Å²) >= 11 is 0. The van der Waals surface area contributed by atoms with Crippen molar-refractivity contribution in [2.24, 2.45) is 11.3 Å². The maximum atomic E-state index is 11.3. The third kappa shape index (κ3) is 2.69. The maximum Gasteiger partial charge on any atom is 0.265 e. The fourth-order valence-electron chi connectivity index (χ4n) is 1.80. The minimum absolute atomic E-state index is 0.155. The van der Waals surface area contributed by atoms with Crippen LogP contribution < -0.4 is 11.3 Å². The molecule has 0 bridgehead atoms. The lowest BCUT2D eigenvalue weighted by atomic mass is 9.75. The number of nitrogens with one attached hydrogen (secondary N) is 1. The highest BCUT2D eigenvalue weighted by Gasteiger charge is 2.41. The molecule has 2 unspecified atom stereocenters. The Morgan fingerprint density at radius 1 is 1.76 bits per heavy atom. The Bertz CT molecular complexity index is 391. The summed E-state index contributed by atoms with van der Waals surface area (Å²) in [4.78, 5) is 21.8. The molecule has 0 aliphatic heterocycles. The molecule has 1 rings (SSSR count). The Kier molecular flexibility index (Phi) is 3.97. The molecular formula is C10H15N3O4. The van der Waals surface area contributed by atoms with E-state index in [9.17, 15) is 14.9 Å². The van der Waals surface area contributed by atoms with Gasteiger partial charge in [0.05, 0.1) is 5.41 Å². The van der Waals surface area contributed by atoms with Gasteiger partial charge in [-0.25, -0.2) is 5.84 Å². The van der Waals surface area contributed by atoms with Crippen molar-refractivity contribution in [2.75, 3.05) is 6.61 Å². The molecule has 0 radical (unpaired) electrons. The molecule has 94 valence electrons. The van der Waals surface area contributed by atoms with E-state index in [0.29, 0.717) is 0 Å². The Labute approximate surface area is 98.1 Å². The number of aliphatic hydroxyl groups is 1. The molecule has 17 heavy (non-hydrogen) atoms. The molecule has 7 nitrogen and oxygen atoms in total. The summed E-state index contributed by atoms with van der Waals surface area (Å²) in [5, 5.41) is 19.9. The molecule has 0 heterocycles. The van der Waals surface area contributed by atoms with Gasteiger partial charge in [0.15, 0.2) is 0 Å². The molecule has 7 heteroatoms. The zero-order valence-corrected chi connectivity index (χ0v) is 9.42. The third-order valence-electron chi connectivity index (χ3n) is 2.93. The highest BCUT2D eigenvalue weighted by Crippen LogP contribution is 2.34. The van der Waals surface area contributed by atoms with Gasteiger partial charge in [0.25, 0.3) is 5.91 Å². The van der Waals surface area contributed by atoms with Crippen molar-refractivity contribution in [3.63, 3.8) is 0 Å². The molecule has 4 N–H and O–H groups in total. The second kappa shape index (κ2) is 5.07. The minimum Gasteiger partial charge on any atom is -0.396 e. The fourth-order valence-corrected chi connectivity index (χ4v) is 1.80. The van der Waals surface area contributed by atoms with Crippen LogP contribution >= 0.6 is 0 Å². The highest BCUT2D eigenvalue weighted by molar-refractivity contribution is 5.96. The first kappa shape index (κ1) is 13.3. The Morgan fingerprint density at radius 3 is 2.88 bits per heavy atom. The summed E-state index contributed by atoms with van der Waals surface area (Å²) in [5.74, 6) is 4.40. The first-order valence-electron chi connectivity index (χ1n) is 5.11. The standard InChI is InChI=1S/C10H15N3O4/c1-10(4-5-14)3-2-7(9(15)12-11)6-8(10)13(16)17/h2-3,6,8,14H,4-5,11H2,1H3,(H,12,15). The molecule has 2 atom stereocenters. The normalized spacial score (nSPS) is 27.5. The molecule has 1 amide bonds. The van der Waals surface area contributed by atoms with E-state index in [1.165, 1.54) is 12.2 Å². The van der Waals surface area contributed by atoms with Crippen LogP contribution in [0.25, 0.3) is 0 Å². The van der Waals surface area contributed by atoms with Crippen molar-refractivity contribution in [1.29, 1.82) is 0 Å². The molecule has 1 aliphatic carbocycles. The van der Waals surface area contributed by atoms with E-state index in [-0.39, 0.29) is 18.6 Å². The van der Waals surface area contributed by atoms with Crippen molar-refractivity contribution < 1.29 is 14.8 Å². The number of rotatable bonds is 4. The summed E-state index contributed by atoms with van der Waals surface area (Å²) in [6, 6.07) is -1.05. The monoisotopic (exact) mass is 241 g/mol. The summed E-state index contributed by atoms with van der Waals surface area (Å²) in [5.41, 5.74) is 1.29. The fraction of sp³-hybridized carbons (Fsp3) is 0.500. The van der Waals surface area contributed by atoms with Crippen LogP contribution in [-0.4, -0.2) is 28.6 Å². The average molecular weight is 241 g/mol. The number of carbonyl (C=O) groups excluding carboxylic acids is 1. The van der Waals surface area contributed by atoms with Crippen LogP contribution in [0.5, 0.6) is 0 Å². The molecule has 0 saturated heterocycles. The van der Waals surface area contributed by atoms with Gasteiger partial charge in [0.2, 0.25) is 6.04 Å². The number of nitro groups is 1. The Morgan fingerprint density at radius 2 is 2.41 bits per heavy atom. The largest absolute Gasteiger partial charge is 0.396 e. The van der Waals surface area contributed by atoms with E-state index < -0.39 is 22.3 Å². The number of nitrogens with two attached hydrogens (primary N) is 1. The molecule has 1 aliphatic rings. The van der Waals surface area contributed by atoms with Gasteiger partial charge in [-0.2, -0.15) is 0 Å². The number of amides is 1. The third-order valence-corrected chi connectivity index (χ3v) is 2.93. The van der Waals surface area contributed by atoms with Crippen LogP contribution in [0.4, 0.5) is 0 Å². The van der Waals surface area contributed by atoms with E-state index in [0.717, 1.165) is 0 Å². The van der Waals surface area contributed by atoms with E-state index in [2.05, 4.69) is 0 Å². The number of aliphatic hydroxyl groups excluding tert-OH is 1. The molecule has 0 aromatic rings. The van der Waals surface area contributed by atoms with Crippen molar-refractivity contribution in [1.82, 2.24) is 5.43 Å². The second-order valence-electron chi connectivity index (χ2n) is 4.14. The average Bonchev–Trinajstić information content (AvgIpc) is 2.28. The van der Waals surface area contributed by atoms with Gasteiger partial charge in [-0.3, -0.25) is 20.3 Å². The van der Waals surface area contributed by atoms with Crippen LogP contribution in [0.2, 0.25) is 0 Å². The zero-order valence-electron chi connectivity index (χ0n) is 9.42. The second-order valence-corrected chi connectivity index (χ2v) is 4.14. The SMILES string of the molecule is CC1(CCO)C=CC(C(=O)NN)=CC1[N+](=O)[O-]. The first-order valence-corrected chi connectivity index (χ1v) is 5.11. The number of hydrogen-bond acceptors (Lipinski definition) is 5. The highest BCUT2D eigenvalue weighted by atomic mass is 16.6. The number of nitrogens with zero attached hydrogens (tertiary/aromatic N) is 1. The van der Waals surface area contributed by atoms with Gasteiger partial charge in [0, 0.05) is 23.2 Å². The lowest BCUT2D eigenvalue weighted by Crippen LogP contribution is -2.40. The minimum atomic E-state index is -1.05. The van der Waals surface area contributed by atoms with Crippen molar-refractivity contribution in [2.45, 2.75) is 19.4 Å². The van der Waals surface area contributed by atoms with Crippen molar-refractivity contribution >= 4 is 5.91 Å². The molecule has 0 saturated carbocycles. The molecular weight excluding hydrogens is 226 g/mol. The van der Waals surface area contributed by atoms with E-state index in [4.69, 9.17) is 10.9 Å². The van der Waals surface area contributed by atoms with E-state index in [1.807, 2.05) is 5.43 Å². The summed E-state index contributed by atoms with van der Waals surface area (Å²) in [6.07, 6.45) is 4.57. The molecule has 0 fully saturated rings. The smallest absolute Gasteiger partial charge is 0.265 e. The number of hydrazine groups is 1. The van der Waals surface area contributed by atoms with Crippen LogP contribution in [-0.2, 0) is 4.79 Å². The van der Waals surface area contributed by atoms with Gasteiger partial charge in [0.1, 0.15) is 0 Å². The quantitative estimate of drug-likeness (QED) is 0.265. The van der Waals surface area contributed by atoms with Crippen LogP contribution in [0, 0.1) is 15.5 Å². The number of carbonyl (C=O) groups is 1. The maximum absolute atomic E-state index is 11.3. The lowest BCUT2D eigenvalue weighted by molar-refractivity contribution is -0.525. The first-order chi connectivity index (χ1) is 7.94. The molecule has 0 spiro atoms.